The Hall–Kier alpha value is -1.85. The number of piperidine rings is 1. The highest BCUT2D eigenvalue weighted by Crippen LogP contribution is 2.25. The molecular formula is C20H28N2O3. The second-order valence-electron chi connectivity index (χ2n) is 7.28. The van der Waals surface area contributed by atoms with Gasteiger partial charge in [0.05, 0.1) is 5.69 Å². The van der Waals surface area contributed by atoms with Gasteiger partial charge >= 0.3 is 0 Å². The standard InChI is InChI=1S/C20H28N2O3/c1-13(2)16-6-5-7-17(10-16)24-20-8-9-22(12-19(20)23)11-18-14(3)21-25-15(18)4/h5-7,10,13,19-20,23H,8-9,11-12H2,1-4H3/t19-,20-/m1/s1. The summed E-state index contributed by atoms with van der Waals surface area (Å²) in [6.07, 6.45) is 0.136. The van der Waals surface area contributed by atoms with Gasteiger partial charge in [0.15, 0.2) is 0 Å². The molecule has 136 valence electrons. The number of β-amino-alcohol motifs (C(OH)–C–C–N with tert-alkyl or cyclic N) is 1. The van der Waals surface area contributed by atoms with Gasteiger partial charge in [-0.3, -0.25) is 4.90 Å². The van der Waals surface area contributed by atoms with Crippen LogP contribution >= 0.6 is 0 Å². The molecule has 1 aromatic carbocycles. The lowest BCUT2D eigenvalue weighted by molar-refractivity contribution is -0.0276. The minimum Gasteiger partial charge on any atom is -0.488 e. The number of nitrogens with zero attached hydrogens (tertiary/aromatic N) is 2. The average molecular weight is 344 g/mol. The maximum atomic E-state index is 10.5. The van der Waals surface area contributed by atoms with E-state index in [-0.39, 0.29) is 6.10 Å². The maximum absolute atomic E-state index is 10.5. The van der Waals surface area contributed by atoms with Crippen molar-refractivity contribution in [2.75, 3.05) is 13.1 Å². The second kappa shape index (κ2) is 7.58. The quantitative estimate of drug-likeness (QED) is 0.900. The number of ether oxygens (including phenoxy) is 1. The summed E-state index contributed by atoms with van der Waals surface area (Å²) in [5.41, 5.74) is 3.30. The first-order chi connectivity index (χ1) is 11.9. The Morgan fingerprint density at radius 1 is 1.36 bits per heavy atom. The zero-order valence-electron chi connectivity index (χ0n) is 15.5. The normalized spacial score (nSPS) is 21.7. The van der Waals surface area contributed by atoms with E-state index in [2.05, 4.69) is 36.0 Å². The van der Waals surface area contributed by atoms with Crippen molar-refractivity contribution in [3.05, 3.63) is 46.8 Å². The summed E-state index contributed by atoms with van der Waals surface area (Å²) in [5, 5.41) is 14.5. The molecule has 0 spiro atoms. The number of hydrogen-bond acceptors (Lipinski definition) is 5. The Bertz CT molecular complexity index is 691. The molecule has 1 aromatic heterocycles. The summed E-state index contributed by atoms with van der Waals surface area (Å²) in [7, 11) is 0. The van der Waals surface area contributed by atoms with Crippen LogP contribution in [0.1, 0.15) is 48.8 Å². The molecule has 0 saturated carbocycles. The third kappa shape index (κ3) is 4.22. The molecule has 1 aliphatic heterocycles. The van der Waals surface area contributed by atoms with E-state index in [9.17, 15) is 5.11 Å². The van der Waals surface area contributed by atoms with Crippen molar-refractivity contribution in [1.82, 2.24) is 10.1 Å². The molecule has 2 atom stereocenters. The van der Waals surface area contributed by atoms with Crippen molar-refractivity contribution in [2.45, 2.75) is 58.8 Å². The van der Waals surface area contributed by atoms with Crippen molar-refractivity contribution in [3.8, 4) is 5.75 Å². The molecule has 5 nitrogen and oxygen atoms in total. The van der Waals surface area contributed by atoms with E-state index in [0.717, 1.165) is 42.3 Å². The first-order valence-corrected chi connectivity index (χ1v) is 9.03. The van der Waals surface area contributed by atoms with E-state index in [0.29, 0.717) is 12.5 Å². The molecule has 1 N–H and O–H groups in total. The molecule has 0 unspecified atom stereocenters. The maximum Gasteiger partial charge on any atom is 0.138 e. The number of aromatic nitrogens is 1. The first-order valence-electron chi connectivity index (χ1n) is 9.03. The Labute approximate surface area is 149 Å². The SMILES string of the molecule is Cc1noc(C)c1CN1CC[C@@H](Oc2cccc(C(C)C)c2)[C@H](O)C1. The van der Waals surface area contributed by atoms with Gasteiger partial charge < -0.3 is 14.4 Å². The minimum atomic E-state index is -0.503. The van der Waals surface area contributed by atoms with E-state index in [4.69, 9.17) is 9.26 Å². The van der Waals surface area contributed by atoms with Crippen LogP contribution in [-0.2, 0) is 6.54 Å². The summed E-state index contributed by atoms with van der Waals surface area (Å²) in [5.74, 6) is 2.16. The van der Waals surface area contributed by atoms with Gasteiger partial charge in [-0.05, 0) is 43.9 Å². The number of rotatable bonds is 5. The minimum absolute atomic E-state index is 0.164. The lowest BCUT2D eigenvalue weighted by Gasteiger charge is -2.36. The van der Waals surface area contributed by atoms with Gasteiger partial charge in [0.1, 0.15) is 23.7 Å². The van der Waals surface area contributed by atoms with Gasteiger partial charge in [-0.2, -0.15) is 0 Å². The number of hydrogen-bond donors (Lipinski definition) is 1. The molecule has 2 heterocycles. The number of aryl methyl sites for hydroxylation is 2. The molecule has 1 aliphatic rings. The third-order valence-electron chi connectivity index (χ3n) is 4.98. The number of aliphatic hydroxyl groups excluding tert-OH is 1. The lowest BCUT2D eigenvalue weighted by Crippen LogP contribution is -2.48. The van der Waals surface area contributed by atoms with Gasteiger partial charge in [0.25, 0.3) is 0 Å². The highest BCUT2D eigenvalue weighted by molar-refractivity contribution is 5.30. The Morgan fingerprint density at radius 3 is 2.80 bits per heavy atom. The van der Waals surface area contributed by atoms with Crippen LogP contribution in [0, 0.1) is 13.8 Å². The number of likely N-dealkylation sites (tertiary alicyclic amines) is 1. The molecule has 3 rings (SSSR count). The fourth-order valence-electron chi connectivity index (χ4n) is 3.33. The van der Waals surface area contributed by atoms with Crippen LogP contribution in [0.15, 0.2) is 28.8 Å². The van der Waals surface area contributed by atoms with Crippen LogP contribution in [0.4, 0.5) is 0 Å². The largest absolute Gasteiger partial charge is 0.488 e. The van der Waals surface area contributed by atoms with E-state index in [1.54, 1.807) is 0 Å². The zero-order chi connectivity index (χ0) is 18.0. The van der Waals surface area contributed by atoms with Crippen LogP contribution in [0.3, 0.4) is 0 Å². The third-order valence-corrected chi connectivity index (χ3v) is 4.98. The van der Waals surface area contributed by atoms with Crippen molar-refractivity contribution in [1.29, 1.82) is 0 Å². The van der Waals surface area contributed by atoms with Crippen molar-refractivity contribution in [2.24, 2.45) is 0 Å². The topological polar surface area (TPSA) is 58.7 Å². The Morgan fingerprint density at radius 2 is 2.16 bits per heavy atom. The summed E-state index contributed by atoms with van der Waals surface area (Å²) < 4.78 is 11.3. The average Bonchev–Trinajstić information content (AvgIpc) is 2.89. The molecule has 0 aliphatic carbocycles. The second-order valence-corrected chi connectivity index (χ2v) is 7.28. The van der Waals surface area contributed by atoms with Crippen LogP contribution in [0.5, 0.6) is 5.75 Å². The van der Waals surface area contributed by atoms with Gasteiger partial charge in [0, 0.05) is 25.2 Å². The molecule has 25 heavy (non-hydrogen) atoms. The molecule has 2 aromatic rings. The summed E-state index contributed by atoms with van der Waals surface area (Å²) in [6, 6.07) is 8.17. The smallest absolute Gasteiger partial charge is 0.138 e. The number of aliphatic hydroxyl groups is 1. The van der Waals surface area contributed by atoms with Gasteiger partial charge in [-0.1, -0.05) is 31.1 Å². The zero-order valence-corrected chi connectivity index (χ0v) is 15.5. The molecule has 0 radical (unpaired) electrons. The monoisotopic (exact) mass is 344 g/mol. The predicted octanol–water partition coefficient (Wildman–Crippen LogP) is 3.43. The first kappa shape index (κ1) is 18.0. The molecule has 0 bridgehead atoms. The Kier molecular flexibility index (Phi) is 5.45. The van der Waals surface area contributed by atoms with Gasteiger partial charge in [-0.25, -0.2) is 0 Å². The molecular weight excluding hydrogens is 316 g/mol. The number of benzene rings is 1. The molecule has 0 amide bonds. The van der Waals surface area contributed by atoms with Crippen molar-refractivity contribution in [3.63, 3.8) is 0 Å². The highest BCUT2D eigenvalue weighted by Gasteiger charge is 2.30. The lowest BCUT2D eigenvalue weighted by atomic mass is 10.0. The van der Waals surface area contributed by atoms with Crippen LogP contribution in [0.2, 0.25) is 0 Å². The molecule has 1 saturated heterocycles. The fraction of sp³-hybridized carbons (Fsp3) is 0.550. The van der Waals surface area contributed by atoms with E-state index in [1.807, 2.05) is 26.0 Å². The Balaban J connectivity index is 1.59. The van der Waals surface area contributed by atoms with Crippen molar-refractivity contribution < 1.29 is 14.4 Å². The fourth-order valence-corrected chi connectivity index (χ4v) is 3.33. The van der Waals surface area contributed by atoms with Gasteiger partial charge in [0.2, 0.25) is 0 Å². The summed E-state index contributed by atoms with van der Waals surface area (Å²) in [4.78, 5) is 2.24. The molecule has 1 fully saturated rings. The van der Waals surface area contributed by atoms with E-state index < -0.39 is 6.10 Å². The summed E-state index contributed by atoms with van der Waals surface area (Å²) >= 11 is 0. The van der Waals surface area contributed by atoms with Crippen molar-refractivity contribution >= 4 is 0 Å². The van der Waals surface area contributed by atoms with Gasteiger partial charge in [-0.15, -0.1) is 0 Å². The van der Waals surface area contributed by atoms with Crippen LogP contribution in [-0.4, -0.2) is 40.5 Å². The molecule has 5 heteroatoms. The summed E-state index contributed by atoms with van der Waals surface area (Å²) in [6.45, 7) is 10.5. The predicted molar refractivity (Wildman–Crippen MR) is 96.8 cm³/mol. The van der Waals surface area contributed by atoms with E-state index >= 15 is 0 Å². The van der Waals surface area contributed by atoms with Crippen LogP contribution in [0.25, 0.3) is 0 Å². The highest BCUT2D eigenvalue weighted by atomic mass is 16.5. The van der Waals surface area contributed by atoms with E-state index in [1.165, 1.54) is 5.56 Å². The van der Waals surface area contributed by atoms with Crippen LogP contribution < -0.4 is 4.74 Å².